The number of rotatable bonds is 3. The summed E-state index contributed by atoms with van der Waals surface area (Å²) >= 11 is 0. The van der Waals surface area contributed by atoms with Crippen molar-refractivity contribution in [2.24, 2.45) is 0 Å². The summed E-state index contributed by atoms with van der Waals surface area (Å²) in [4.78, 5) is 4.65. The number of imidazole rings is 1. The standard InChI is InChI=1S/C16H19N3/c1-5-9-19-14(6-2)18-15(16(19)17)13-8-7-11(3)10-12(13)4/h1,7-8,10H,6,9,17H2,2-4H3. The largest absolute Gasteiger partial charge is 0.383 e. The first-order valence-corrected chi connectivity index (χ1v) is 6.44. The number of terminal acetylenes is 1. The van der Waals surface area contributed by atoms with Crippen LogP contribution >= 0.6 is 0 Å². The molecule has 0 amide bonds. The maximum atomic E-state index is 6.21. The smallest absolute Gasteiger partial charge is 0.132 e. The molecule has 2 aromatic rings. The van der Waals surface area contributed by atoms with Crippen LogP contribution in [0.25, 0.3) is 11.3 Å². The fourth-order valence-electron chi connectivity index (χ4n) is 2.33. The maximum Gasteiger partial charge on any atom is 0.132 e. The zero-order valence-electron chi connectivity index (χ0n) is 11.7. The first-order chi connectivity index (χ1) is 9.08. The lowest BCUT2D eigenvalue weighted by Gasteiger charge is -2.06. The molecule has 2 rings (SSSR count). The fourth-order valence-corrected chi connectivity index (χ4v) is 2.33. The molecule has 98 valence electrons. The number of hydrogen-bond donors (Lipinski definition) is 1. The highest BCUT2D eigenvalue weighted by Gasteiger charge is 2.15. The zero-order chi connectivity index (χ0) is 14.0. The van der Waals surface area contributed by atoms with E-state index in [9.17, 15) is 0 Å². The fraction of sp³-hybridized carbons (Fsp3) is 0.312. The number of nitrogens with two attached hydrogens (primary N) is 1. The number of aromatic nitrogens is 2. The molecule has 3 nitrogen and oxygen atoms in total. The second-order valence-corrected chi connectivity index (χ2v) is 4.72. The quantitative estimate of drug-likeness (QED) is 0.855. The summed E-state index contributed by atoms with van der Waals surface area (Å²) < 4.78 is 1.91. The Kier molecular flexibility index (Phi) is 3.62. The summed E-state index contributed by atoms with van der Waals surface area (Å²) in [7, 11) is 0. The number of nitrogens with zero attached hydrogens (tertiary/aromatic N) is 2. The van der Waals surface area contributed by atoms with E-state index in [1.807, 2.05) is 4.57 Å². The number of anilines is 1. The van der Waals surface area contributed by atoms with E-state index in [4.69, 9.17) is 12.2 Å². The normalized spacial score (nSPS) is 10.4. The Hall–Kier alpha value is -2.21. The van der Waals surface area contributed by atoms with E-state index in [1.165, 1.54) is 11.1 Å². The van der Waals surface area contributed by atoms with Crippen LogP contribution in [0.3, 0.4) is 0 Å². The summed E-state index contributed by atoms with van der Waals surface area (Å²) in [6.07, 6.45) is 6.21. The molecule has 0 aliphatic rings. The van der Waals surface area contributed by atoms with Gasteiger partial charge in [-0.05, 0) is 19.4 Å². The van der Waals surface area contributed by atoms with Gasteiger partial charge in [-0.3, -0.25) is 0 Å². The minimum Gasteiger partial charge on any atom is -0.383 e. The van der Waals surface area contributed by atoms with Crippen LogP contribution in [0, 0.1) is 26.2 Å². The Morgan fingerprint density at radius 3 is 2.68 bits per heavy atom. The lowest BCUT2D eigenvalue weighted by molar-refractivity contribution is 0.769. The van der Waals surface area contributed by atoms with Gasteiger partial charge in [-0.15, -0.1) is 6.42 Å². The average Bonchev–Trinajstić information content (AvgIpc) is 2.68. The van der Waals surface area contributed by atoms with Gasteiger partial charge in [0.1, 0.15) is 17.3 Å². The predicted molar refractivity (Wildman–Crippen MR) is 79.8 cm³/mol. The van der Waals surface area contributed by atoms with Crippen LogP contribution < -0.4 is 5.73 Å². The zero-order valence-corrected chi connectivity index (χ0v) is 11.7. The van der Waals surface area contributed by atoms with Gasteiger partial charge in [-0.1, -0.05) is 36.6 Å². The molecule has 2 N–H and O–H groups in total. The van der Waals surface area contributed by atoms with Gasteiger partial charge in [0.25, 0.3) is 0 Å². The van der Waals surface area contributed by atoms with Crippen LogP contribution in [0.15, 0.2) is 18.2 Å². The van der Waals surface area contributed by atoms with Crippen molar-refractivity contribution in [1.29, 1.82) is 0 Å². The molecule has 0 aliphatic carbocycles. The summed E-state index contributed by atoms with van der Waals surface area (Å²) in [5, 5.41) is 0. The van der Waals surface area contributed by atoms with Crippen molar-refractivity contribution in [3.8, 4) is 23.6 Å². The van der Waals surface area contributed by atoms with E-state index in [1.54, 1.807) is 0 Å². The predicted octanol–water partition coefficient (Wildman–Crippen LogP) is 2.94. The van der Waals surface area contributed by atoms with Gasteiger partial charge < -0.3 is 10.3 Å². The molecule has 0 atom stereocenters. The molecular formula is C16H19N3. The van der Waals surface area contributed by atoms with E-state index in [0.717, 1.165) is 23.5 Å². The van der Waals surface area contributed by atoms with Crippen molar-refractivity contribution in [1.82, 2.24) is 9.55 Å². The van der Waals surface area contributed by atoms with Crippen LogP contribution in [0.2, 0.25) is 0 Å². The Morgan fingerprint density at radius 2 is 2.11 bits per heavy atom. The van der Waals surface area contributed by atoms with Gasteiger partial charge in [0, 0.05) is 12.0 Å². The van der Waals surface area contributed by atoms with Gasteiger partial charge in [0.05, 0.1) is 6.54 Å². The molecule has 3 heteroatoms. The molecular weight excluding hydrogens is 234 g/mol. The third-order valence-electron chi connectivity index (χ3n) is 3.29. The molecule has 1 aromatic heterocycles. The highest BCUT2D eigenvalue weighted by Crippen LogP contribution is 2.29. The van der Waals surface area contributed by atoms with Gasteiger partial charge in [0.2, 0.25) is 0 Å². The van der Waals surface area contributed by atoms with Gasteiger partial charge >= 0.3 is 0 Å². The van der Waals surface area contributed by atoms with E-state index in [2.05, 4.69) is 49.9 Å². The van der Waals surface area contributed by atoms with Crippen molar-refractivity contribution in [2.45, 2.75) is 33.7 Å². The second kappa shape index (κ2) is 5.19. The third-order valence-corrected chi connectivity index (χ3v) is 3.29. The minimum absolute atomic E-state index is 0.465. The minimum atomic E-state index is 0.465. The highest BCUT2D eigenvalue weighted by atomic mass is 15.1. The molecule has 0 aliphatic heterocycles. The Labute approximate surface area is 114 Å². The summed E-state index contributed by atoms with van der Waals surface area (Å²) in [5.74, 6) is 4.22. The SMILES string of the molecule is C#CCn1c(CC)nc(-c2ccc(C)cc2C)c1N. The summed E-state index contributed by atoms with van der Waals surface area (Å²) in [6.45, 7) is 6.68. The van der Waals surface area contributed by atoms with Crippen molar-refractivity contribution in [3.05, 3.63) is 35.2 Å². The first kappa shape index (κ1) is 13.2. The number of benzene rings is 1. The molecule has 0 saturated carbocycles. The Bertz CT molecular complexity index is 645. The second-order valence-electron chi connectivity index (χ2n) is 4.72. The number of hydrogen-bond acceptors (Lipinski definition) is 2. The summed E-state index contributed by atoms with van der Waals surface area (Å²) in [6, 6.07) is 6.29. The molecule has 0 spiro atoms. The molecule has 0 saturated heterocycles. The summed E-state index contributed by atoms with van der Waals surface area (Å²) in [5.41, 5.74) is 10.5. The average molecular weight is 253 g/mol. The van der Waals surface area contributed by atoms with Crippen LogP contribution in [0.1, 0.15) is 23.9 Å². The van der Waals surface area contributed by atoms with Crippen molar-refractivity contribution in [3.63, 3.8) is 0 Å². The molecule has 19 heavy (non-hydrogen) atoms. The molecule has 1 heterocycles. The van der Waals surface area contributed by atoms with Gasteiger partial charge in [-0.2, -0.15) is 0 Å². The van der Waals surface area contributed by atoms with Crippen LogP contribution in [0.5, 0.6) is 0 Å². The molecule has 0 unspecified atom stereocenters. The first-order valence-electron chi connectivity index (χ1n) is 6.44. The third kappa shape index (κ3) is 2.34. The molecule has 0 bridgehead atoms. The Morgan fingerprint density at radius 1 is 1.37 bits per heavy atom. The monoisotopic (exact) mass is 253 g/mol. The maximum absolute atomic E-state index is 6.21. The number of nitrogen functional groups attached to an aromatic ring is 1. The van der Waals surface area contributed by atoms with E-state index in [0.29, 0.717) is 12.4 Å². The van der Waals surface area contributed by atoms with Crippen molar-refractivity contribution < 1.29 is 0 Å². The molecule has 0 fully saturated rings. The molecule has 0 radical (unpaired) electrons. The highest BCUT2D eigenvalue weighted by molar-refractivity contribution is 5.74. The number of aryl methyl sites for hydroxylation is 3. The lowest BCUT2D eigenvalue weighted by atomic mass is 10.0. The van der Waals surface area contributed by atoms with E-state index in [-0.39, 0.29) is 0 Å². The van der Waals surface area contributed by atoms with Crippen molar-refractivity contribution in [2.75, 3.05) is 5.73 Å². The lowest BCUT2D eigenvalue weighted by Crippen LogP contribution is -2.05. The van der Waals surface area contributed by atoms with Crippen molar-refractivity contribution >= 4 is 5.82 Å². The molecule has 1 aromatic carbocycles. The van der Waals surface area contributed by atoms with E-state index >= 15 is 0 Å². The topological polar surface area (TPSA) is 43.8 Å². The van der Waals surface area contributed by atoms with Gasteiger partial charge in [-0.25, -0.2) is 4.98 Å². The van der Waals surface area contributed by atoms with Gasteiger partial charge in [0.15, 0.2) is 0 Å². The van der Waals surface area contributed by atoms with Crippen LogP contribution in [0.4, 0.5) is 5.82 Å². The van der Waals surface area contributed by atoms with Crippen LogP contribution in [-0.2, 0) is 13.0 Å². The van der Waals surface area contributed by atoms with Crippen LogP contribution in [-0.4, -0.2) is 9.55 Å². The Balaban J connectivity index is 2.60. The van der Waals surface area contributed by atoms with E-state index < -0.39 is 0 Å².